The van der Waals surface area contributed by atoms with Gasteiger partial charge in [-0.05, 0) is 24.6 Å². The van der Waals surface area contributed by atoms with Crippen LogP contribution in [0.25, 0.3) is 6.08 Å². The molecule has 0 atom stereocenters. The number of amides is 1. The molecule has 0 bridgehead atoms. The van der Waals surface area contributed by atoms with Crippen molar-refractivity contribution < 1.29 is 22.7 Å². The molecule has 2 aromatic carbocycles. The van der Waals surface area contributed by atoms with E-state index in [1.165, 1.54) is 4.31 Å². The number of hydrogen-bond acceptors (Lipinski definition) is 6. The predicted octanol–water partition coefficient (Wildman–Crippen LogP) is 2.47. The third-order valence-corrected chi connectivity index (χ3v) is 7.73. The molecule has 2 aliphatic heterocycles. The van der Waals surface area contributed by atoms with Crippen LogP contribution in [0.5, 0.6) is 11.5 Å². The van der Waals surface area contributed by atoms with E-state index < -0.39 is 10.0 Å². The van der Waals surface area contributed by atoms with Gasteiger partial charge in [0.25, 0.3) is 0 Å². The molecule has 1 amide bonds. The first-order chi connectivity index (χ1) is 16.5. The number of fused-ring (bicyclic) bond motifs is 1. The Labute approximate surface area is 201 Å². The molecule has 9 heteroatoms. The standard InChI is InChI=1S/C25H31N3O5S/c1-2-34(30,31)28(22-10-11-23-24(19-22)33-18-17-32-23)20-25(29)27-15-13-26(14-16-27)12-6-9-21-7-4-3-5-8-21/h3-11,19H,2,12-18,20H2,1H3/b9-6+. The van der Waals surface area contributed by atoms with E-state index in [4.69, 9.17) is 9.47 Å². The summed E-state index contributed by atoms with van der Waals surface area (Å²) in [5, 5.41) is 0. The van der Waals surface area contributed by atoms with Crippen LogP contribution in [0.3, 0.4) is 0 Å². The van der Waals surface area contributed by atoms with Gasteiger partial charge >= 0.3 is 0 Å². The number of benzene rings is 2. The highest BCUT2D eigenvalue weighted by Gasteiger charge is 2.28. The Kier molecular flexibility index (Phi) is 7.74. The highest BCUT2D eigenvalue weighted by Crippen LogP contribution is 2.34. The predicted molar refractivity (Wildman–Crippen MR) is 133 cm³/mol. The van der Waals surface area contributed by atoms with E-state index in [2.05, 4.69) is 29.2 Å². The second-order valence-electron chi connectivity index (χ2n) is 8.23. The largest absolute Gasteiger partial charge is 0.486 e. The average molecular weight is 486 g/mol. The number of rotatable bonds is 8. The molecule has 0 radical (unpaired) electrons. The quantitative estimate of drug-likeness (QED) is 0.572. The van der Waals surface area contributed by atoms with Crippen LogP contribution in [-0.2, 0) is 14.8 Å². The molecule has 0 unspecified atom stereocenters. The summed E-state index contributed by atoms with van der Waals surface area (Å²) >= 11 is 0. The molecule has 2 heterocycles. The van der Waals surface area contributed by atoms with Crippen molar-refractivity contribution in [2.24, 2.45) is 0 Å². The van der Waals surface area contributed by atoms with Crippen molar-refractivity contribution in [2.75, 3.05) is 62.5 Å². The summed E-state index contributed by atoms with van der Waals surface area (Å²) in [6.45, 7) is 5.64. The zero-order valence-electron chi connectivity index (χ0n) is 19.4. The van der Waals surface area contributed by atoms with E-state index in [1.54, 1.807) is 30.0 Å². The Morgan fingerprint density at radius 3 is 2.41 bits per heavy atom. The van der Waals surface area contributed by atoms with Gasteiger partial charge in [0, 0.05) is 38.8 Å². The van der Waals surface area contributed by atoms with Crippen LogP contribution in [0.1, 0.15) is 12.5 Å². The minimum absolute atomic E-state index is 0.101. The minimum Gasteiger partial charge on any atom is -0.486 e. The Balaban J connectivity index is 1.36. The number of carbonyl (C=O) groups excluding carboxylic acids is 1. The van der Waals surface area contributed by atoms with Gasteiger partial charge in [-0.25, -0.2) is 8.42 Å². The van der Waals surface area contributed by atoms with Gasteiger partial charge in [-0.2, -0.15) is 0 Å². The van der Waals surface area contributed by atoms with Crippen LogP contribution >= 0.6 is 0 Å². The maximum Gasteiger partial charge on any atom is 0.243 e. The molecule has 4 rings (SSSR count). The van der Waals surface area contributed by atoms with Gasteiger partial charge in [-0.1, -0.05) is 42.5 Å². The SMILES string of the molecule is CCS(=O)(=O)N(CC(=O)N1CCN(C/C=C/c2ccccc2)CC1)c1ccc2c(c1)OCCO2. The number of carbonyl (C=O) groups is 1. The van der Waals surface area contributed by atoms with Gasteiger partial charge in [0.1, 0.15) is 19.8 Å². The maximum absolute atomic E-state index is 13.1. The van der Waals surface area contributed by atoms with E-state index in [0.717, 1.165) is 25.2 Å². The number of anilines is 1. The molecule has 182 valence electrons. The molecular formula is C25H31N3O5S. The van der Waals surface area contributed by atoms with Crippen LogP contribution in [0.15, 0.2) is 54.6 Å². The van der Waals surface area contributed by atoms with Crippen molar-refractivity contribution in [2.45, 2.75) is 6.92 Å². The lowest BCUT2D eigenvalue weighted by Crippen LogP contribution is -2.52. The van der Waals surface area contributed by atoms with E-state index >= 15 is 0 Å². The van der Waals surface area contributed by atoms with Gasteiger partial charge in [-0.3, -0.25) is 14.0 Å². The molecule has 2 aliphatic rings. The topological polar surface area (TPSA) is 79.4 Å². The lowest BCUT2D eigenvalue weighted by molar-refractivity contribution is -0.131. The number of piperazine rings is 1. The van der Waals surface area contributed by atoms with Gasteiger partial charge in [0.05, 0.1) is 11.4 Å². The molecule has 0 aromatic heterocycles. The highest BCUT2D eigenvalue weighted by atomic mass is 32.2. The molecule has 1 saturated heterocycles. The lowest BCUT2D eigenvalue weighted by atomic mass is 10.2. The van der Waals surface area contributed by atoms with Crippen molar-refractivity contribution >= 4 is 27.7 Å². The third-order valence-electron chi connectivity index (χ3n) is 5.99. The summed E-state index contributed by atoms with van der Waals surface area (Å²) in [5.74, 6) is 0.764. The van der Waals surface area contributed by atoms with Crippen molar-refractivity contribution in [3.8, 4) is 11.5 Å². The first-order valence-corrected chi connectivity index (χ1v) is 13.2. The molecular weight excluding hydrogens is 454 g/mol. The lowest BCUT2D eigenvalue weighted by Gasteiger charge is -2.35. The molecule has 0 spiro atoms. The molecule has 0 N–H and O–H groups in total. The molecule has 0 aliphatic carbocycles. The van der Waals surface area contributed by atoms with Crippen LogP contribution < -0.4 is 13.8 Å². The van der Waals surface area contributed by atoms with Gasteiger partial charge in [-0.15, -0.1) is 0 Å². The van der Waals surface area contributed by atoms with Gasteiger partial charge < -0.3 is 14.4 Å². The zero-order chi connectivity index (χ0) is 24.0. The fourth-order valence-corrected chi connectivity index (χ4v) is 5.05. The fraction of sp³-hybridized carbons (Fsp3) is 0.400. The Bertz CT molecular complexity index is 1110. The summed E-state index contributed by atoms with van der Waals surface area (Å²) in [4.78, 5) is 17.1. The molecule has 0 saturated carbocycles. The van der Waals surface area contributed by atoms with E-state index in [-0.39, 0.29) is 18.2 Å². The van der Waals surface area contributed by atoms with Crippen molar-refractivity contribution in [3.05, 3.63) is 60.2 Å². The van der Waals surface area contributed by atoms with Crippen LogP contribution in [0.2, 0.25) is 0 Å². The maximum atomic E-state index is 13.1. The summed E-state index contributed by atoms with van der Waals surface area (Å²) in [7, 11) is -3.65. The normalized spacial score (nSPS) is 16.6. The Morgan fingerprint density at radius 1 is 1.00 bits per heavy atom. The van der Waals surface area contributed by atoms with Crippen LogP contribution in [0.4, 0.5) is 5.69 Å². The summed E-state index contributed by atoms with van der Waals surface area (Å²) in [6.07, 6.45) is 4.22. The van der Waals surface area contributed by atoms with E-state index in [1.807, 2.05) is 18.2 Å². The minimum atomic E-state index is -3.65. The van der Waals surface area contributed by atoms with E-state index in [0.29, 0.717) is 43.5 Å². The highest BCUT2D eigenvalue weighted by molar-refractivity contribution is 7.92. The number of ether oxygens (including phenoxy) is 2. The smallest absolute Gasteiger partial charge is 0.243 e. The fourth-order valence-electron chi connectivity index (χ4n) is 4.00. The Morgan fingerprint density at radius 2 is 1.71 bits per heavy atom. The summed E-state index contributed by atoms with van der Waals surface area (Å²) in [5.41, 5.74) is 1.57. The van der Waals surface area contributed by atoms with Crippen LogP contribution in [-0.4, -0.2) is 82.4 Å². The van der Waals surface area contributed by atoms with Crippen molar-refractivity contribution in [3.63, 3.8) is 0 Å². The summed E-state index contributed by atoms with van der Waals surface area (Å²) in [6, 6.07) is 15.1. The molecule has 1 fully saturated rings. The molecule has 34 heavy (non-hydrogen) atoms. The second kappa shape index (κ2) is 10.9. The Hall–Kier alpha value is -3.04. The zero-order valence-corrected chi connectivity index (χ0v) is 20.2. The number of hydrogen-bond donors (Lipinski definition) is 0. The molecule has 2 aromatic rings. The van der Waals surface area contributed by atoms with E-state index in [9.17, 15) is 13.2 Å². The summed E-state index contributed by atoms with van der Waals surface area (Å²) < 4.78 is 38.0. The second-order valence-corrected chi connectivity index (χ2v) is 10.4. The average Bonchev–Trinajstić information content (AvgIpc) is 2.88. The van der Waals surface area contributed by atoms with Crippen molar-refractivity contribution in [1.82, 2.24) is 9.80 Å². The number of sulfonamides is 1. The third kappa shape index (κ3) is 5.90. The van der Waals surface area contributed by atoms with Crippen molar-refractivity contribution in [1.29, 1.82) is 0 Å². The van der Waals surface area contributed by atoms with Crippen LogP contribution in [0, 0.1) is 0 Å². The monoisotopic (exact) mass is 485 g/mol. The number of nitrogens with zero attached hydrogens (tertiary/aromatic N) is 3. The first-order valence-electron chi connectivity index (χ1n) is 11.6. The molecule has 8 nitrogen and oxygen atoms in total. The van der Waals surface area contributed by atoms with Gasteiger partial charge in [0.2, 0.25) is 15.9 Å². The first kappa shape index (κ1) is 24.1. The van der Waals surface area contributed by atoms with Gasteiger partial charge in [0.15, 0.2) is 11.5 Å².